The van der Waals surface area contributed by atoms with Crippen LogP contribution in [0.1, 0.15) is 15.9 Å². The van der Waals surface area contributed by atoms with Crippen LogP contribution in [0.25, 0.3) is 0 Å². The Balaban J connectivity index is 2.09. The second-order valence-electron chi connectivity index (χ2n) is 4.41. The molecule has 0 radical (unpaired) electrons. The Hall–Kier alpha value is -2.36. The maximum atomic E-state index is 12.8. The molecule has 0 aliphatic heterocycles. The molecule has 0 bridgehead atoms. The molecule has 2 N–H and O–H groups in total. The number of amides is 1. The molecule has 0 aliphatic carbocycles. The number of carbonyl (C=O) groups is 1. The fourth-order valence-corrected chi connectivity index (χ4v) is 1.83. The smallest absolute Gasteiger partial charge is 0.253 e. The largest absolute Gasteiger partial charge is 0.399 e. The molecule has 2 rings (SSSR count). The normalized spacial score (nSPS) is 10.2. The van der Waals surface area contributed by atoms with Gasteiger partial charge in [-0.1, -0.05) is 18.2 Å². The van der Waals surface area contributed by atoms with Crippen LogP contribution in [0.15, 0.2) is 48.5 Å². The second-order valence-corrected chi connectivity index (χ2v) is 4.41. The number of nitrogens with two attached hydrogens (primary N) is 1. The summed E-state index contributed by atoms with van der Waals surface area (Å²) in [5.74, 6) is -0.398. The average Bonchev–Trinajstić information content (AvgIpc) is 2.40. The van der Waals surface area contributed by atoms with Gasteiger partial charge in [-0.2, -0.15) is 0 Å². The van der Waals surface area contributed by atoms with Crippen LogP contribution >= 0.6 is 0 Å². The summed E-state index contributed by atoms with van der Waals surface area (Å²) in [6.07, 6.45) is 0. The van der Waals surface area contributed by atoms with Crippen LogP contribution in [0.4, 0.5) is 10.1 Å². The van der Waals surface area contributed by atoms with Gasteiger partial charge in [0, 0.05) is 24.8 Å². The van der Waals surface area contributed by atoms with E-state index < -0.39 is 0 Å². The van der Waals surface area contributed by atoms with Crippen LogP contribution in [0.3, 0.4) is 0 Å². The van der Waals surface area contributed by atoms with Crippen LogP contribution in [0, 0.1) is 5.82 Å². The van der Waals surface area contributed by atoms with Gasteiger partial charge in [-0.05, 0) is 35.9 Å². The van der Waals surface area contributed by atoms with E-state index in [1.807, 2.05) is 0 Å². The quantitative estimate of drug-likeness (QED) is 0.860. The number of halogens is 1. The third-order valence-electron chi connectivity index (χ3n) is 2.81. The molecule has 3 nitrogen and oxygen atoms in total. The molecule has 0 saturated heterocycles. The molecule has 0 saturated carbocycles. The highest BCUT2D eigenvalue weighted by molar-refractivity contribution is 5.94. The molecule has 0 aliphatic rings. The lowest BCUT2D eigenvalue weighted by Gasteiger charge is -2.17. The lowest BCUT2D eigenvalue weighted by molar-refractivity contribution is 0.0785. The molecule has 98 valence electrons. The van der Waals surface area contributed by atoms with Gasteiger partial charge in [-0.25, -0.2) is 4.39 Å². The molecule has 0 aromatic heterocycles. The van der Waals surface area contributed by atoms with Crippen molar-refractivity contribution in [3.8, 4) is 0 Å². The van der Waals surface area contributed by atoms with Crippen molar-refractivity contribution < 1.29 is 9.18 Å². The monoisotopic (exact) mass is 258 g/mol. The van der Waals surface area contributed by atoms with Gasteiger partial charge in [-0.15, -0.1) is 0 Å². The summed E-state index contributed by atoms with van der Waals surface area (Å²) < 4.78 is 12.8. The van der Waals surface area contributed by atoms with Gasteiger partial charge in [0.1, 0.15) is 5.82 Å². The van der Waals surface area contributed by atoms with Gasteiger partial charge in [0.05, 0.1) is 0 Å². The van der Waals surface area contributed by atoms with Crippen LogP contribution in [-0.2, 0) is 6.54 Å². The summed E-state index contributed by atoms with van der Waals surface area (Å²) in [6.45, 7) is 0.425. The number of nitrogens with zero attached hydrogens (tertiary/aromatic N) is 1. The van der Waals surface area contributed by atoms with Gasteiger partial charge >= 0.3 is 0 Å². The van der Waals surface area contributed by atoms with E-state index >= 15 is 0 Å². The van der Waals surface area contributed by atoms with Gasteiger partial charge in [-0.3, -0.25) is 4.79 Å². The molecule has 19 heavy (non-hydrogen) atoms. The van der Waals surface area contributed by atoms with Crippen LogP contribution in [0.5, 0.6) is 0 Å². The Labute approximate surface area is 111 Å². The van der Waals surface area contributed by atoms with Gasteiger partial charge in [0.15, 0.2) is 0 Å². The van der Waals surface area contributed by atoms with Crippen LogP contribution < -0.4 is 5.73 Å². The van der Waals surface area contributed by atoms with Crippen molar-refractivity contribution in [1.82, 2.24) is 4.90 Å². The number of benzene rings is 2. The van der Waals surface area contributed by atoms with Gasteiger partial charge < -0.3 is 10.6 Å². The number of carbonyl (C=O) groups excluding carboxylic acids is 1. The summed E-state index contributed by atoms with van der Waals surface area (Å²) in [5, 5.41) is 0. The van der Waals surface area contributed by atoms with E-state index in [1.54, 1.807) is 48.3 Å². The number of anilines is 1. The molecular weight excluding hydrogens is 243 g/mol. The zero-order valence-electron chi connectivity index (χ0n) is 10.6. The van der Waals surface area contributed by atoms with Crippen molar-refractivity contribution in [1.29, 1.82) is 0 Å². The Bertz CT molecular complexity index is 581. The maximum Gasteiger partial charge on any atom is 0.253 e. The first-order valence-electron chi connectivity index (χ1n) is 5.92. The van der Waals surface area contributed by atoms with Crippen molar-refractivity contribution in [2.45, 2.75) is 6.54 Å². The fourth-order valence-electron chi connectivity index (χ4n) is 1.83. The first-order valence-corrected chi connectivity index (χ1v) is 5.92. The van der Waals surface area contributed by atoms with E-state index in [9.17, 15) is 9.18 Å². The van der Waals surface area contributed by atoms with E-state index in [0.717, 1.165) is 5.56 Å². The van der Waals surface area contributed by atoms with Crippen molar-refractivity contribution in [2.24, 2.45) is 0 Å². The lowest BCUT2D eigenvalue weighted by atomic mass is 10.1. The fraction of sp³-hybridized carbons (Fsp3) is 0.133. The second kappa shape index (κ2) is 5.52. The van der Waals surface area contributed by atoms with E-state index in [-0.39, 0.29) is 11.7 Å². The number of hydrogen-bond donors (Lipinski definition) is 1. The minimum absolute atomic E-state index is 0.114. The topological polar surface area (TPSA) is 46.3 Å². The van der Waals surface area contributed by atoms with Crippen molar-refractivity contribution >= 4 is 11.6 Å². The van der Waals surface area contributed by atoms with Crippen LogP contribution in [-0.4, -0.2) is 17.9 Å². The highest BCUT2D eigenvalue weighted by Crippen LogP contribution is 2.11. The first-order chi connectivity index (χ1) is 9.06. The molecule has 4 heteroatoms. The summed E-state index contributed by atoms with van der Waals surface area (Å²) in [5.41, 5.74) is 7.63. The Morgan fingerprint density at radius 2 is 1.89 bits per heavy atom. The summed E-state index contributed by atoms with van der Waals surface area (Å²) >= 11 is 0. The SMILES string of the molecule is CN(Cc1ccc(F)cc1)C(=O)c1cccc(N)c1. The first kappa shape index (κ1) is 13.1. The molecular formula is C15H15FN2O. The van der Waals surface area contributed by atoms with E-state index in [2.05, 4.69) is 0 Å². The summed E-state index contributed by atoms with van der Waals surface area (Å²) in [4.78, 5) is 13.7. The predicted octanol–water partition coefficient (Wildman–Crippen LogP) is 2.68. The van der Waals surface area contributed by atoms with Gasteiger partial charge in [0.25, 0.3) is 5.91 Å². The molecule has 0 unspecified atom stereocenters. The highest BCUT2D eigenvalue weighted by atomic mass is 19.1. The highest BCUT2D eigenvalue weighted by Gasteiger charge is 2.12. The predicted molar refractivity (Wildman–Crippen MR) is 73.1 cm³/mol. The number of rotatable bonds is 3. The lowest BCUT2D eigenvalue weighted by Crippen LogP contribution is -2.26. The minimum atomic E-state index is -0.284. The molecule has 0 spiro atoms. The molecule has 1 amide bonds. The van der Waals surface area contributed by atoms with Crippen molar-refractivity contribution in [2.75, 3.05) is 12.8 Å². The Morgan fingerprint density at radius 1 is 1.21 bits per heavy atom. The number of nitrogen functional groups attached to an aromatic ring is 1. The molecule has 0 atom stereocenters. The Kier molecular flexibility index (Phi) is 3.80. The van der Waals surface area contributed by atoms with Crippen molar-refractivity contribution in [3.05, 3.63) is 65.5 Å². The zero-order chi connectivity index (χ0) is 13.8. The van der Waals surface area contributed by atoms with Crippen LogP contribution in [0.2, 0.25) is 0 Å². The standard InChI is InChI=1S/C15H15FN2O/c1-18(10-11-5-7-13(16)8-6-11)15(19)12-3-2-4-14(17)9-12/h2-9H,10,17H2,1H3. The average molecular weight is 258 g/mol. The third kappa shape index (κ3) is 3.31. The number of hydrogen-bond acceptors (Lipinski definition) is 2. The summed E-state index contributed by atoms with van der Waals surface area (Å²) in [7, 11) is 1.70. The van der Waals surface area contributed by atoms with E-state index in [4.69, 9.17) is 5.73 Å². The molecule has 2 aromatic rings. The third-order valence-corrected chi connectivity index (χ3v) is 2.81. The molecule has 0 fully saturated rings. The van der Waals surface area contributed by atoms with E-state index in [0.29, 0.717) is 17.8 Å². The minimum Gasteiger partial charge on any atom is -0.399 e. The van der Waals surface area contributed by atoms with Gasteiger partial charge in [0.2, 0.25) is 0 Å². The summed E-state index contributed by atoms with van der Waals surface area (Å²) in [6, 6.07) is 12.9. The van der Waals surface area contributed by atoms with Crippen molar-refractivity contribution in [3.63, 3.8) is 0 Å². The zero-order valence-corrected chi connectivity index (χ0v) is 10.6. The van der Waals surface area contributed by atoms with E-state index in [1.165, 1.54) is 12.1 Å². The molecule has 2 aromatic carbocycles. The Morgan fingerprint density at radius 3 is 2.53 bits per heavy atom. The molecule has 0 heterocycles. The maximum absolute atomic E-state index is 12.8.